The van der Waals surface area contributed by atoms with Crippen molar-refractivity contribution in [2.75, 3.05) is 21.4 Å². The molecule has 55 heavy (non-hydrogen) atoms. The largest absolute Gasteiger partial charge is 0.457 e. The van der Waals surface area contributed by atoms with Crippen molar-refractivity contribution in [3.05, 3.63) is 182 Å². The Bertz CT molecular complexity index is 2740. The zero-order valence-electron chi connectivity index (χ0n) is 31.1. The molecule has 0 radical (unpaired) electrons. The van der Waals surface area contributed by atoms with Gasteiger partial charge in [-0.05, 0) is 88.2 Å². The van der Waals surface area contributed by atoms with E-state index in [2.05, 4.69) is 199 Å². The molecule has 0 amide bonds. The molecule has 0 atom stereocenters. The molecule has 5 heteroatoms. The van der Waals surface area contributed by atoms with Crippen molar-refractivity contribution < 1.29 is 4.74 Å². The predicted molar refractivity (Wildman–Crippen MR) is 228 cm³/mol. The fourth-order valence-corrected chi connectivity index (χ4v) is 8.16. The highest BCUT2D eigenvalue weighted by molar-refractivity contribution is 6.02. The summed E-state index contributed by atoms with van der Waals surface area (Å²) < 4.78 is 6.79. The first-order valence-corrected chi connectivity index (χ1v) is 18.9. The van der Waals surface area contributed by atoms with E-state index in [0.717, 1.165) is 51.2 Å². The van der Waals surface area contributed by atoms with Crippen LogP contribution in [0.4, 0.5) is 39.9 Å². The first-order valence-electron chi connectivity index (χ1n) is 18.9. The summed E-state index contributed by atoms with van der Waals surface area (Å²) in [5, 5.41) is 2.47. The smallest absolute Gasteiger partial charge is 0.137 e. The molecule has 266 valence electrons. The Labute approximate surface area is 322 Å². The SMILES string of the molecule is CC(C)(C)c1ccnc(N2c3ccccc3-c3ccccc3-c3ccc(Oc4cccc(N5CN(c6cccc7ccccc67)c6ccccc65)c4)cc32)c1. The number of aromatic nitrogens is 1. The maximum atomic E-state index is 6.79. The van der Waals surface area contributed by atoms with Crippen molar-refractivity contribution in [2.24, 2.45) is 0 Å². The average molecular weight is 713 g/mol. The van der Waals surface area contributed by atoms with Gasteiger partial charge in [-0.25, -0.2) is 4.98 Å². The molecule has 0 bridgehead atoms. The van der Waals surface area contributed by atoms with Crippen LogP contribution in [0.5, 0.6) is 11.5 Å². The van der Waals surface area contributed by atoms with Gasteiger partial charge in [0, 0.05) is 40.5 Å². The van der Waals surface area contributed by atoms with Crippen LogP contribution >= 0.6 is 0 Å². The third kappa shape index (κ3) is 5.67. The van der Waals surface area contributed by atoms with Crippen LogP contribution in [0.25, 0.3) is 33.0 Å². The standard InChI is InChI=1S/C50H40N4O/c1-50(2,3)35-28-29-51-49(30-35)54-45-22-9-8-21-42(45)40-19-6-7-20-41(40)43-27-26-38(32-48(43)54)55-37-17-13-16-36(31-37)52-33-53(47-24-11-10-23-46(47)52)44-25-12-15-34-14-4-5-18-39(34)44/h4-32H,33H2,1-3H3. The highest BCUT2D eigenvalue weighted by atomic mass is 16.5. The molecule has 0 unspecified atom stereocenters. The van der Waals surface area contributed by atoms with Crippen molar-refractivity contribution in [3.8, 4) is 33.8 Å². The Balaban J connectivity index is 1.05. The number of hydrogen-bond acceptors (Lipinski definition) is 5. The maximum absolute atomic E-state index is 6.79. The molecule has 3 heterocycles. The van der Waals surface area contributed by atoms with Gasteiger partial charge in [0.05, 0.1) is 28.4 Å². The summed E-state index contributed by atoms with van der Waals surface area (Å²) in [6.45, 7) is 7.42. The van der Waals surface area contributed by atoms with Gasteiger partial charge in [0.1, 0.15) is 24.0 Å². The van der Waals surface area contributed by atoms with Gasteiger partial charge in [0.2, 0.25) is 0 Å². The lowest BCUT2D eigenvalue weighted by Crippen LogP contribution is -2.24. The van der Waals surface area contributed by atoms with Gasteiger partial charge >= 0.3 is 0 Å². The van der Waals surface area contributed by atoms with E-state index in [-0.39, 0.29) is 5.41 Å². The molecular weight excluding hydrogens is 673 g/mol. The summed E-state index contributed by atoms with van der Waals surface area (Å²) in [5.74, 6) is 2.40. The van der Waals surface area contributed by atoms with Crippen molar-refractivity contribution in [1.82, 2.24) is 4.98 Å². The second-order valence-corrected chi connectivity index (χ2v) is 15.3. The number of rotatable bonds is 5. The van der Waals surface area contributed by atoms with Crippen molar-refractivity contribution in [3.63, 3.8) is 0 Å². The zero-order chi connectivity index (χ0) is 37.1. The van der Waals surface area contributed by atoms with E-state index in [9.17, 15) is 0 Å². The second kappa shape index (κ2) is 12.9. The molecular formula is C50H40N4O. The van der Waals surface area contributed by atoms with E-state index in [1.807, 2.05) is 12.3 Å². The Kier molecular flexibility index (Phi) is 7.70. The summed E-state index contributed by atoms with van der Waals surface area (Å²) in [6.07, 6.45) is 1.93. The highest BCUT2D eigenvalue weighted by Gasteiger charge is 2.30. The second-order valence-electron chi connectivity index (χ2n) is 15.3. The number of hydrogen-bond donors (Lipinski definition) is 0. The van der Waals surface area contributed by atoms with Crippen LogP contribution < -0.4 is 19.4 Å². The van der Waals surface area contributed by atoms with Crippen molar-refractivity contribution in [2.45, 2.75) is 26.2 Å². The highest BCUT2D eigenvalue weighted by Crippen LogP contribution is 2.52. The fraction of sp³-hybridized carbons (Fsp3) is 0.100. The van der Waals surface area contributed by atoms with E-state index < -0.39 is 0 Å². The van der Waals surface area contributed by atoms with Gasteiger partial charge in [-0.3, -0.25) is 4.90 Å². The minimum Gasteiger partial charge on any atom is -0.457 e. The van der Waals surface area contributed by atoms with Gasteiger partial charge in [0.25, 0.3) is 0 Å². The van der Waals surface area contributed by atoms with Crippen LogP contribution in [0, 0.1) is 0 Å². The molecule has 0 saturated carbocycles. The molecule has 8 aromatic rings. The zero-order valence-corrected chi connectivity index (χ0v) is 31.1. The van der Waals surface area contributed by atoms with E-state index in [4.69, 9.17) is 9.72 Å². The van der Waals surface area contributed by atoms with Gasteiger partial charge in [-0.15, -0.1) is 0 Å². The Hall–Kier alpha value is -6.85. The maximum Gasteiger partial charge on any atom is 0.137 e. The van der Waals surface area contributed by atoms with E-state index in [0.29, 0.717) is 6.67 Å². The molecule has 0 fully saturated rings. The Morgan fingerprint density at radius 3 is 1.91 bits per heavy atom. The molecule has 0 aliphatic carbocycles. The van der Waals surface area contributed by atoms with Crippen LogP contribution in [0.1, 0.15) is 26.3 Å². The normalized spacial score (nSPS) is 13.2. The molecule has 5 nitrogen and oxygen atoms in total. The monoisotopic (exact) mass is 712 g/mol. The Morgan fingerprint density at radius 2 is 1.11 bits per heavy atom. The quantitative estimate of drug-likeness (QED) is 0.177. The molecule has 1 aromatic heterocycles. The number of pyridine rings is 1. The molecule has 0 N–H and O–H groups in total. The average Bonchev–Trinajstić information content (AvgIpc) is 3.55. The molecule has 0 spiro atoms. The van der Waals surface area contributed by atoms with E-state index in [1.54, 1.807) is 0 Å². The number of benzene rings is 7. The first-order chi connectivity index (χ1) is 26.9. The molecule has 10 rings (SSSR count). The summed E-state index contributed by atoms with van der Waals surface area (Å²) in [7, 11) is 0. The van der Waals surface area contributed by atoms with Crippen molar-refractivity contribution in [1.29, 1.82) is 0 Å². The Morgan fingerprint density at radius 1 is 0.491 bits per heavy atom. The van der Waals surface area contributed by atoms with Gasteiger partial charge in [0.15, 0.2) is 0 Å². The van der Waals surface area contributed by atoms with Gasteiger partial charge < -0.3 is 14.5 Å². The number of nitrogens with zero attached hydrogens (tertiary/aromatic N) is 4. The number of fused-ring (bicyclic) bond motifs is 7. The van der Waals surface area contributed by atoms with Crippen LogP contribution in [-0.4, -0.2) is 11.7 Å². The summed E-state index contributed by atoms with van der Waals surface area (Å²) in [5.41, 5.74) is 12.5. The van der Waals surface area contributed by atoms with E-state index >= 15 is 0 Å². The molecule has 2 aliphatic rings. The molecule has 2 aliphatic heterocycles. The lowest BCUT2D eigenvalue weighted by atomic mass is 9.87. The summed E-state index contributed by atoms with van der Waals surface area (Å²) in [6, 6.07) is 60.3. The third-order valence-corrected chi connectivity index (χ3v) is 10.9. The number of para-hydroxylation sites is 3. The summed E-state index contributed by atoms with van der Waals surface area (Å²) in [4.78, 5) is 12.1. The van der Waals surface area contributed by atoms with Crippen molar-refractivity contribution >= 4 is 50.7 Å². The molecule has 0 saturated heterocycles. The fourth-order valence-electron chi connectivity index (χ4n) is 8.16. The van der Waals surface area contributed by atoms with E-state index in [1.165, 1.54) is 38.8 Å². The van der Waals surface area contributed by atoms with Crippen LogP contribution in [0.15, 0.2) is 176 Å². The van der Waals surface area contributed by atoms with Crippen LogP contribution in [0.3, 0.4) is 0 Å². The lowest BCUT2D eigenvalue weighted by molar-refractivity contribution is 0.483. The summed E-state index contributed by atoms with van der Waals surface area (Å²) >= 11 is 0. The van der Waals surface area contributed by atoms with Gasteiger partial charge in [-0.2, -0.15) is 0 Å². The first kappa shape index (κ1) is 32.8. The van der Waals surface area contributed by atoms with Crippen LogP contribution in [-0.2, 0) is 5.41 Å². The minimum absolute atomic E-state index is 0.0351. The predicted octanol–water partition coefficient (Wildman–Crippen LogP) is 13.7. The minimum atomic E-state index is -0.0351. The molecule has 7 aromatic carbocycles. The number of anilines is 7. The lowest BCUT2D eigenvalue weighted by Gasteiger charge is -2.28. The van der Waals surface area contributed by atoms with Crippen LogP contribution in [0.2, 0.25) is 0 Å². The topological polar surface area (TPSA) is 31.8 Å². The third-order valence-electron chi connectivity index (χ3n) is 10.9. The van der Waals surface area contributed by atoms with Gasteiger partial charge in [-0.1, -0.05) is 118 Å². The number of ether oxygens (including phenoxy) is 1.